The molecule has 0 atom stereocenters. The first kappa shape index (κ1) is 9.03. The van der Waals surface area contributed by atoms with Crippen molar-refractivity contribution >= 4 is 0 Å². The van der Waals surface area contributed by atoms with Crippen LogP contribution >= 0.6 is 0 Å². The van der Waals surface area contributed by atoms with Crippen molar-refractivity contribution in [1.29, 1.82) is 0 Å². The molecular formula is C4H4Zr. The summed E-state index contributed by atoms with van der Waals surface area (Å²) in [5, 5.41) is 0. The summed E-state index contributed by atoms with van der Waals surface area (Å²) in [5.74, 6) is 0. The van der Waals surface area contributed by atoms with Gasteiger partial charge in [-0.15, -0.1) is 0 Å². The van der Waals surface area contributed by atoms with Crippen LogP contribution in [0.2, 0.25) is 0 Å². The quantitative estimate of drug-likeness (QED) is 0.379. The van der Waals surface area contributed by atoms with Gasteiger partial charge in [0, 0.05) is 0 Å². The molecule has 0 aliphatic heterocycles. The van der Waals surface area contributed by atoms with Crippen molar-refractivity contribution < 1.29 is 26.2 Å². The molecule has 1 heteroatoms. The Morgan fingerprint density at radius 2 is 1.20 bits per heavy atom. The average Bonchev–Trinajstić information content (AvgIpc) is 1.37. The van der Waals surface area contributed by atoms with Crippen LogP contribution in [-0.2, 0) is 26.2 Å². The predicted molar refractivity (Wildman–Crippen MR) is 17.7 cm³/mol. The number of rotatable bonds is 1. The van der Waals surface area contributed by atoms with Gasteiger partial charge in [0.2, 0.25) is 0 Å². The summed E-state index contributed by atoms with van der Waals surface area (Å²) >= 11 is 0. The van der Waals surface area contributed by atoms with Crippen LogP contribution in [-0.4, -0.2) is 0 Å². The van der Waals surface area contributed by atoms with Crippen LogP contribution in [0.4, 0.5) is 0 Å². The van der Waals surface area contributed by atoms with Crippen LogP contribution in [0.25, 0.3) is 0 Å². The Hall–Kier alpha value is 0.363. The second-order valence-corrected chi connectivity index (χ2v) is 0.385. The van der Waals surface area contributed by atoms with Crippen molar-refractivity contribution in [3.63, 3.8) is 0 Å². The van der Waals surface area contributed by atoms with Crippen molar-refractivity contribution in [3.8, 4) is 0 Å². The third-order valence-electron chi connectivity index (χ3n) is 0.111. The van der Waals surface area contributed by atoms with E-state index in [1.807, 2.05) is 0 Å². The molecule has 0 N–H and O–H groups in total. The molecule has 0 aromatic rings. The van der Waals surface area contributed by atoms with Crippen molar-refractivity contribution in [2.75, 3.05) is 0 Å². The van der Waals surface area contributed by atoms with Crippen molar-refractivity contribution in [1.82, 2.24) is 0 Å². The monoisotopic (exact) mass is 142 g/mol. The van der Waals surface area contributed by atoms with Crippen LogP contribution in [0.3, 0.4) is 0 Å². The molecule has 0 saturated carbocycles. The maximum Gasteiger partial charge on any atom is 2.00 e. The minimum Gasteiger partial charge on any atom is -0.394 e. The first-order valence-electron chi connectivity index (χ1n) is 1.00. The molecule has 0 nitrogen and oxygen atoms in total. The number of hydrogen-bond donors (Lipinski definition) is 0. The molecule has 0 bridgehead atoms. The molecule has 0 aliphatic carbocycles. The molecule has 0 radical (unpaired) electrons. The zero-order chi connectivity index (χ0) is 3.41. The Balaban J connectivity index is 0. The maximum absolute atomic E-state index is 4.72. The second-order valence-electron chi connectivity index (χ2n) is 0.385. The standard InChI is InChI=1S/C4H4.Zr/c1-3-4-2;/h1-4H;/q-2;+2. The summed E-state index contributed by atoms with van der Waals surface area (Å²) < 4.78 is 0. The van der Waals surface area contributed by atoms with Crippen LogP contribution in [0, 0.1) is 13.2 Å². The molecule has 0 unspecified atom stereocenters. The first-order valence-corrected chi connectivity index (χ1v) is 1.00. The fourth-order valence-corrected chi connectivity index (χ4v) is 0. The van der Waals surface area contributed by atoms with Gasteiger partial charge < -0.3 is 25.3 Å². The van der Waals surface area contributed by atoms with E-state index in [-0.39, 0.29) is 26.2 Å². The van der Waals surface area contributed by atoms with Crippen LogP contribution in [0.5, 0.6) is 0 Å². The van der Waals surface area contributed by atoms with E-state index < -0.39 is 0 Å². The first-order chi connectivity index (χ1) is 1.91. The third kappa shape index (κ3) is 13.1. The van der Waals surface area contributed by atoms with E-state index in [1.54, 1.807) is 0 Å². The fourth-order valence-electron chi connectivity index (χ4n) is 0. The van der Waals surface area contributed by atoms with Gasteiger partial charge in [0.15, 0.2) is 0 Å². The van der Waals surface area contributed by atoms with Crippen LogP contribution in [0.15, 0.2) is 12.2 Å². The van der Waals surface area contributed by atoms with E-state index in [4.69, 9.17) is 13.2 Å². The van der Waals surface area contributed by atoms with Gasteiger partial charge in [-0.25, -0.2) is 0 Å². The smallest absolute Gasteiger partial charge is 0.394 e. The van der Waals surface area contributed by atoms with Crippen molar-refractivity contribution in [2.45, 2.75) is 0 Å². The molecule has 0 rings (SSSR count). The van der Waals surface area contributed by atoms with E-state index in [0.29, 0.717) is 0 Å². The minimum absolute atomic E-state index is 0. The van der Waals surface area contributed by atoms with E-state index in [0.717, 1.165) is 0 Å². The maximum atomic E-state index is 4.72. The molecular weight excluding hydrogens is 139 g/mol. The van der Waals surface area contributed by atoms with Gasteiger partial charge in [-0.3, -0.25) is 0 Å². The van der Waals surface area contributed by atoms with Gasteiger partial charge in [0.05, 0.1) is 0 Å². The zero-order valence-electron chi connectivity index (χ0n) is 2.81. The van der Waals surface area contributed by atoms with E-state index in [1.165, 1.54) is 12.2 Å². The molecule has 0 amide bonds. The van der Waals surface area contributed by atoms with Gasteiger partial charge in [-0.05, 0) is 0 Å². The van der Waals surface area contributed by atoms with Crippen LogP contribution in [0.1, 0.15) is 0 Å². The second kappa shape index (κ2) is 8.84. The van der Waals surface area contributed by atoms with Gasteiger partial charge in [-0.1, -0.05) is 0 Å². The summed E-state index contributed by atoms with van der Waals surface area (Å²) in [6.07, 6.45) is 2.56. The van der Waals surface area contributed by atoms with Crippen molar-refractivity contribution in [3.05, 3.63) is 25.3 Å². The Kier molecular flexibility index (Phi) is 16.0. The van der Waals surface area contributed by atoms with Gasteiger partial charge in [0.25, 0.3) is 0 Å². The zero-order valence-corrected chi connectivity index (χ0v) is 5.27. The SMILES string of the molecule is [CH-]=CC=[CH-].[Zr+2]. The van der Waals surface area contributed by atoms with Gasteiger partial charge >= 0.3 is 26.2 Å². The molecule has 0 heterocycles. The molecule has 0 aromatic heterocycles. The summed E-state index contributed by atoms with van der Waals surface area (Å²) in [6.45, 7) is 9.44. The fraction of sp³-hybridized carbons (Fsp3) is 0. The Morgan fingerprint density at radius 3 is 1.20 bits per heavy atom. The molecule has 0 spiro atoms. The average molecular weight is 143 g/mol. The van der Waals surface area contributed by atoms with E-state index in [9.17, 15) is 0 Å². The Labute approximate surface area is 51.7 Å². The van der Waals surface area contributed by atoms with Gasteiger partial charge in [0.1, 0.15) is 0 Å². The number of allylic oxidation sites excluding steroid dienone is 2. The largest absolute Gasteiger partial charge is 2.00 e. The predicted octanol–water partition coefficient (Wildman–Crippen LogP) is 0.962. The number of hydrogen-bond acceptors (Lipinski definition) is 0. The molecule has 0 saturated heterocycles. The van der Waals surface area contributed by atoms with Crippen molar-refractivity contribution in [2.24, 2.45) is 0 Å². The van der Waals surface area contributed by atoms with E-state index in [2.05, 4.69) is 0 Å². The molecule has 5 heavy (non-hydrogen) atoms. The normalized spacial score (nSPS) is 4.00. The van der Waals surface area contributed by atoms with Crippen LogP contribution < -0.4 is 0 Å². The third-order valence-corrected chi connectivity index (χ3v) is 0.111. The summed E-state index contributed by atoms with van der Waals surface area (Å²) in [5.41, 5.74) is 0. The van der Waals surface area contributed by atoms with Gasteiger partial charge in [-0.2, -0.15) is 0 Å². The molecule has 0 aromatic carbocycles. The molecule has 24 valence electrons. The summed E-state index contributed by atoms with van der Waals surface area (Å²) in [4.78, 5) is 0. The van der Waals surface area contributed by atoms with E-state index >= 15 is 0 Å². The topological polar surface area (TPSA) is 0 Å². The summed E-state index contributed by atoms with van der Waals surface area (Å²) in [6, 6.07) is 0. The molecule has 0 aliphatic rings. The Morgan fingerprint density at radius 1 is 1.00 bits per heavy atom. The minimum atomic E-state index is 0. The Bertz CT molecular complexity index is 24.6. The summed E-state index contributed by atoms with van der Waals surface area (Å²) in [7, 11) is 0. The molecule has 0 fully saturated rings.